The summed E-state index contributed by atoms with van der Waals surface area (Å²) in [4.78, 5) is 27.3. The molecule has 1 fully saturated rings. The summed E-state index contributed by atoms with van der Waals surface area (Å²) in [6.07, 6.45) is 1.88. The van der Waals surface area contributed by atoms with Crippen LogP contribution in [-0.2, 0) is 14.3 Å². The maximum absolute atomic E-state index is 11.8. The number of ether oxygens (including phenoxy) is 2. The van der Waals surface area contributed by atoms with Crippen LogP contribution in [0.2, 0.25) is 0 Å². The number of aliphatic hydroxyl groups excluding tert-OH is 1. The number of esters is 1. The number of nitrogens with zero attached hydrogens (tertiary/aromatic N) is 2. The Hall–Kier alpha value is -1.97. The van der Waals surface area contributed by atoms with Gasteiger partial charge in [0.2, 0.25) is 0 Å². The van der Waals surface area contributed by atoms with Crippen molar-refractivity contribution in [3.8, 4) is 0 Å². The fourth-order valence-corrected chi connectivity index (χ4v) is 2.14. The average molecular weight is 327 g/mol. The van der Waals surface area contributed by atoms with Crippen LogP contribution in [-0.4, -0.2) is 45.2 Å². The molecule has 0 aromatic carbocycles. The van der Waals surface area contributed by atoms with Crippen LogP contribution in [0, 0.1) is 5.41 Å². The largest absolute Gasteiger partial charge is 0.462 e. The Morgan fingerprint density at radius 1 is 1.57 bits per heavy atom. The Kier molecular flexibility index (Phi) is 5.34. The molecule has 0 saturated carbocycles. The quantitative estimate of drug-likeness (QED) is 0.503. The van der Waals surface area contributed by atoms with Gasteiger partial charge in [-0.15, -0.1) is 0 Å². The standard InChI is InChI=1S/C14H21N3O6/c1-14(2,8-18)12(19)22-7-9-3-4-11(23-9)17-6-5-10(16-21)15-13(17)20/h5-6,9,11,18,21H,3-4,7-8H2,1-2H3,(H,15,16,20). The first-order valence-electron chi connectivity index (χ1n) is 7.30. The number of aromatic nitrogens is 2. The smallest absolute Gasteiger partial charge is 0.351 e. The number of rotatable bonds is 6. The third-order valence-electron chi connectivity index (χ3n) is 3.69. The summed E-state index contributed by atoms with van der Waals surface area (Å²) in [6, 6.07) is 1.45. The topological polar surface area (TPSA) is 123 Å². The van der Waals surface area contributed by atoms with Crippen molar-refractivity contribution < 1.29 is 24.6 Å². The molecule has 1 aromatic rings. The zero-order valence-corrected chi connectivity index (χ0v) is 13.1. The molecule has 2 rings (SSSR count). The molecule has 2 atom stereocenters. The molecule has 0 radical (unpaired) electrons. The lowest BCUT2D eigenvalue weighted by atomic mass is 9.95. The molecule has 0 amide bonds. The second-order valence-corrected chi connectivity index (χ2v) is 6.04. The maximum Gasteiger partial charge on any atom is 0.351 e. The van der Waals surface area contributed by atoms with E-state index in [1.807, 2.05) is 0 Å². The summed E-state index contributed by atoms with van der Waals surface area (Å²) in [5.41, 5.74) is 0.303. The van der Waals surface area contributed by atoms with Gasteiger partial charge in [-0.3, -0.25) is 20.0 Å². The van der Waals surface area contributed by atoms with Crippen LogP contribution in [0.15, 0.2) is 17.1 Å². The van der Waals surface area contributed by atoms with Crippen molar-refractivity contribution in [3.63, 3.8) is 0 Å². The number of hydrogen-bond donors (Lipinski definition) is 3. The lowest BCUT2D eigenvalue weighted by Crippen LogP contribution is -2.33. The molecule has 0 bridgehead atoms. The van der Waals surface area contributed by atoms with Gasteiger partial charge < -0.3 is 14.6 Å². The van der Waals surface area contributed by atoms with E-state index in [9.17, 15) is 9.59 Å². The van der Waals surface area contributed by atoms with E-state index >= 15 is 0 Å². The Balaban J connectivity index is 1.92. The first-order valence-corrected chi connectivity index (χ1v) is 7.30. The van der Waals surface area contributed by atoms with Crippen molar-refractivity contribution >= 4 is 11.8 Å². The highest BCUT2D eigenvalue weighted by Crippen LogP contribution is 2.28. The molecule has 1 aromatic heterocycles. The van der Waals surface area contributed by atoms with E-state index in [2.05, 4.69) is 4.98 Å². The van der Waals surface area contributed by atoms with Gasteiger partial charge in [0.25, 0.3) is 0 Å². The van der Waals surface area contributed by atoms with E-state index in [-0.39, 0.29) is 25.1 Å². The van der Waals surface area contributed by atoms with Crippen LogP contribution in [0.25, 0.3) is 0 Å². The molecule has 23 heavy (non-hydrogen) atoms. The van der Waals surface area contributed by atoms with Crippen LogP contribution in [0.1, 0.15) is 32.9 Å². The van der Waals surface area contributed by atoms with Crippen molar-refractivity contribution in [1.29, 1.82) is 0 Å². The summed E-state index contributed by atoms with van der Waals surface area (Å²) >= 11 is 0. The first-order chi connectivity index (χ1) is 10.9. The Morgan fingerprint density at radius 2 is 2.30 bits per heavy atom. The third kappa shape index (κ3) is 4.06. The summed E-state index contributed by atoms with van der Waals surface area (Å²) in [6.45, 7) is 2.95. The molecular formula is C14H21N3O6. The van der Waals surface area contributed by atoms with Gasteiger partial charge in [-0.05, 0) is 32.8 Å². The number of hydrogen-bond acceptors (Lipinski definition) is 8. The number of aliphatic hydroxyl groups is 1. The molecule has 9 nitrogen and oxygen atoms in total. The van der Waals surface area contributed by atoms with Gasteiger partial charge in [0.1, 0.15) is 12.8 Å². The SMILES string of the molecule is CC(C)(CO)C(=O)OCC1CCC(n2ccc(NO)nc2=O)O1. The third-order valence-corrected chi connectivity index (χ3v) is 3.69. The number of anilines is 1. The van der Waals surface area contributed by atoms with E-state index < -0.39 is 23.3 Å². The molecule has 1 saturated heterocycles. The number of carbonyl (C=O) groups is 1. The van der Waals surface area contributed by atoms with E-state index in [1.54, 1.807) is 19.3 Å². The van der Waals surface area contributed by atoms with Crippen molar-refractivity contribution in [2.75, 3.05) is 18.7 Å². The normalized spacial score (nSPS) is 21.2. The Bertz CT molecular complexity index is 615. The molecule has 2 unspecified atom stereocenters. The zero-order chi connectivity index (χ0) is 17.0. The van der Waals surface area contributed by atoms with Crippen molar-refractivity contribution in [2.24, 2.45) is 5.41 Å². The molecule has 2 heterocycles. The van der Waals surface area contributed by atoms with E-state index in [4.69, 9.17) is 19.8 Å². The second-order valence-electron chi connectivity index (χ2n) is 6.04. The second kappa shape index (κ2) is 7.07. The minimum absolute atomic E-state index is 0.0564. The summed E-state index contributed by atoms with van der Waals surface area (Å²) < 4.78 is 12.2. The van der Waals surface area contributed by atoms with Crippen molar-refractivity contribution in [1.82, 2.24) is 9.55 Å². The van der Waals surface area contributed by atoms with Gasteiger partial charge in [0, 0.05) is 6.20 Å². The van der Waals surface area contributed by atoms with Gasteiger partial charge in [-0.2, -0.15) is 4.98 Å². The minimum Gasteiger partial charge on any atom is -0.462 e. The van der Waals surface area contributed by atoms with Crippen molar-refractivity contribution in [3.05, 3.63) is 22.7 Å². The fourth-order valence-electron chi connectivity index (χ4n) is 2.14. The van der Waals surface area contributed by atoms with Crippen LogP contribution in [0.4, 0.5) is 5.82 Å². The molecule has 128 valence electrons. The fraction of sp³-hybridized carbons (Fsp3) is 0.643. The van der Waals surface area contributed by atoms with Crippen LogP contribution in [0.5, 0.6) is 0 Å². The molecule has 3 N–H and O–H groups in total. The molecule has 1 aliphatic heterocycles. The number of nitrogens with one attached hydrogen (secondary N) is 1. The maximum atomic E-state index is 11.8. The molecule has 1 aliphatic rings. The summed E-state index contributed by atoms with van der Waals surface area (Å²) in [5, 5.41) is 17.8. The molecule has 0 aliphatic carbocycles. The predicted octanol–water partition coefficient (Wildman–Crippen LogP) is 0.284. The highest BCUT2D eigenvalue weighted by molar-refractivity contribution is 5.76. The first kappa shape index (κ1) is 17.4. The lowest BCUT2D eigenvalue weighted by molar-refractivity contribution is -0.160. The monoisotopic (exact) mass is 327 g/mol. The summed E-state index contributed by atoms with van der Waals surface area (Å²) in [7, 11) is 0. The van der Waals surface area contributed by atoms with Gasteiger partial charge in [-0.25, -0.2) is 4.79 Å². The van der Waals surface area contributed by atoms with Crippen LogP contribution in [0.3, 0.4) is 0 Å². The Morgan fingerprint density at radius 3 is 2.91 bits per heavy atom. The average Bonchev–Trinajstić information content (AvgIpc) is 3.00. The van der Waals surface area contributed by atoms with E-state index in [0.29, 0.717) is 12.8 Å². The van der Waals surface area contributed by atoms with Gasteiger partial charge >= 0.3 is 11.7 Å². The molecule has 9 heteroatoms. The molecule has 0 spiro atoms. The van der Waals surface area contributed by atoms with Gasteiger partial charge in [0.05, 0.1) is 18.1 Å². The van der Waals surface area contributed by atoms with Gasteiger partial charge in [-0.1, -0.05) is 0 Å². The summed E-state index contributed by atoms with van der Waals surface area (Å²) in [5.74, 6) is -0.440. The Labute approximate surface area is 132 Å². The number of carbonyl (C=O) groups excluding carboxylic acids is 1. The van der Waals surface area contributed by atoms with E-state index in [1.165, 1.54) is 16.8 Å². The molecular weight excluding hydrogens is 306 g/mol. The minimum atomic E-state index is -0.952. The highest BCUT2D eigenvalue weighted by Gasteiger charge is 2.32. The highest BCUT2D eigenvalue weighted by atomic mass is 16.6. The zero-order valence-electron chi connectivity index (χ0n) is 13.1. The lowest BCUT2D eigenvalue weighted by Gasteiger charge is -2.21. The van der Waals surface area contributed by atoms with Crippen LogP contribution < -0.4 is 11.2 Å². The predicted molar refractivity (Wildman–Crippen MR) is 78.9 cm³/mol. The van der Waals surface area contributed by atoms with E-state index in [0.717, 1.165) is 0 Å². The van der Waals surface area contributed by atoms with Crippen molar-refractivity contribution in [2.45, 2.75) is 39.0 Å². The van der Waals surface area contributed by atoms with Gasteiger partial charge in [0.15, 0.2) is 5.82 Å². The van der Waals surface area contributed by atoms with Crippen LogP contribution >= 0.6 is 0 Å².